The van der Waals surface area contributed by atoms with Gasteiger partial charge in [-0.1, -0.05) is 12.1 Å². The van der Waals surface area contributed by atoms with Crippen LogP contribution in [0.15, 0.2) is 18.2 Å². The van der Waals surface area contributed by atoms with Crippen molar-refractivity contribution >= 4 is 23.4 Å². The highest BCUT2D eigenvalue weighted by Gasteiger charge is 2.55. The van der Waals surface area contributed by atoms with Crippen molar-refractivity contribution in [3.8, 4) is 17.2 Å². The maximum absolute atomic E-state index is 14.0. The van der Waals surface area contributed by atoms with Crippen LogP contribution in [0.4, 0.5) is 4.79 Å². The molecule has 2 aromatic rings. The Morgan fingerprint density at radius 2 is 1.93 bits per heavy atom. The van der Waals surface area contributed by atoms with Crippen LogP contribution in [0.5, 0.6) is 17.2 Å². The van der Waals surface area contributed by atoms with Crippen molar-refractivity contribution in [1.82, 2.24) is 15.1 Å². The number of hydrogen-bond donors (Lipinski definition) is 5. The zero-order valence-electron chi connectivity index (χ0n) is 30.7. The number of benzene rings is 2. The standard InChI is InChI=1S/C37H46N4O13/c1-17-33-20(41-11-12-50-35(49-5)34(41)54-33)13-24(52-17)53-22-15-37(47,23(42)16-51-36(46)40(3)10-9-39-2)14-19-26(22)32(45)27-28(31(19)44)30(43)18-7-6-8-21(48-4)25(18)29(27)38/h6-8,17,20,22,24,33-35,38-39,44-45,47H,9-16H2,1-5H3/t17-,20-,22-,24-,33+,34+,35-,37-/m0/s1. The lowest BCUT2D eigenvalue weighted by molar-refractivity contribution is -0.256. The largest absolute Gasteiger partial charge is 0.507 e. The number of phenolic OH excluding ortho intramolecular Hbond substituents is 2. The van der Waals surface area contributed by atoms with Crippen LogP contribution in [-0.4, -0.2) is 152 Å². The molecule has 0 saturated carbocycles. The van der Waals surface area contributed by atoms with Crippen molar-refractivity contribution in [1.29, 1.82) is 5.41 Å². The lowest BCUT2D eigenvalue weighted by Crippen LogP contribution is -2.55. The fourth-order valence-corrected chi connectivity index (χ4v) is 8.33. The van der Waals surface area contributed by atoms with Gasteiger partial charge in [-0.2, -0.15) is 0 Å². The van der Waals surface area contributed by atoms with Crippen LogP contribution < -0.4 is 10.1 Å². The van der Waals surface area contributed by atoms with E-state index < -0.39 is 85.2 Å². The van der Waals surface area contributed by atoms with Gasteiger partial charge in [0.2, 0.25) is 5.78 Å². The molecule has 3 aliphatic heterocycles. The first-order valence-corrected chi connectivity index (χ1v) is 17.9. The molecule has 0 bridgehead atoms. The number of rotatable bonds is 10. The average molecular weight is 755 g/mol. The summed E-state index contributed by atoms with van der Waals surface area (Å²) < 4.78 is 41.2. The molecule has 0 aromatic heterocycles. The van der Waals surface area contributed by atoms with Gasteiger partial charge < -0.3 is 58.7 Å². The fraction of sp³-hybridized carbons (Fsp3) is 0.568. The molecule has 3 saturated heterocycles. The molecule has 0 radical (unpaired) electrons. The van der Waals surface area contributed by atoms with Gasteiger partial charge in [-0.25, -0.2) is 4.79 Å². The number of Topliss-reactive ketones (excluding diaryl/α,β-unsaturated/α-hetero) is 1. The van der Waals surface area contributed by atoms with Crippen LogP contribution in [0.25, 0.3) is 0 Å². The van der Waals surface area contributed by atoms with Crippen molar-refractivity contribution in [3.63, 3.8) is 0 Å². The predicted octanol–water partition coefficient (Wildman–Crippen LogP) is 1.19. The van der Waals surface area contributed by atoms with Crippen LogP contribution in [0, 0.1) is 5.41 Å². The average Bonchev–Trinajstić information content (AvgIpc) is 3.55. The van der Waals surface area contributed by atoms with E-state index in [4.69, 9.17) is 38.6 Å². The van der Waals surface area contributed by atoms with E-state index >= 15 is 0 Å². The Labute approximate surface area is 311 Å². The van der Waals surface area contributed by atoms with Gasteiger partial charge in [0.1, 0.15) is 29.0 Å². The molecule has 5 aliphatic rings. The number of fused-ring (bicyclic) bond motifs is 6. The monoisotopic (exact) mass is 754 g/mol. The highest BCUT2D eigenvalue weighted by atomic mass is 16.7. The first-order chi connectivity index (χ1) is 25.8. The smallest absolute Gasteiger partial charge is 0.409 e. The molecule has 3 fully saturated rings. The van der Waals surface area contributed by atoms with Gasteiger partial charge in [0.05, 0.1) is 48.3 Å². The molecule has 54 heavy (non-hydrogen) atoms. The Morgan fingerprint density at radius 1 is 1.15 bits per heavy atom. The van der Waals surface area contributed by atoms with E-state index in [0.29, 0.717) is 26.2 Å². The number of carbonyl (C=O) groups is 3. The molecule has 5 N–H and O–H groups in total. The second-order valence-electron chi connectivity index (χ2n) is 14.2. The second kappa shape index (κ2) is 14.8. The van der Waals surface area contributed by atoms with Crippen molar-refractivity contribution in [2.24, 2.45) is 0 Å². The molecule has 0 spiro atoms. The summed E-state index contributed by atoms with van der Waals surface area (Å²) in [7, 11) is 6.17. The van der Waals surface area contributed by atoms with E-state index in [-0.39, 0.29) is 63.4 Å². The number of likely N-dealkylation sites (N-methyl/N-ethyl adjacent to an activating group) is 2. The zero-order chi connectivity index (χ0) is 38.6. The third kappa shape index (κ3) is 6.31. The molecular weight excluding hydrogens is 708 g/mol. The third-order valence-corrected chi connectivity index (χ3v) is 11.1. The molecule has 3 heterocycles. The highest BCUT2D eigenvalue weighted by Crippen LogP contribution is 2.53. The van der Waals surface area contributed by atoms with Crippen molar-refractivity contribution in [2.45, 2.75) is 74.9 Å². The lowest BCUT2D eigenvalue weighted by atomic mass is 9.71. The van der Waals surface area contributed by atoms with E-state index in [1.807, 2.05) is 6.92 Å². The van der Waals surface area contributed by atoms with E-state index in [1.54, 1.807) is 26.3 Å². The predicted molar refractivity (Wildman–Crippen MR) is 187 cm³/mol. The first-order valence-electron chi connectivity index (χ1n) is 17.9. The molecule has 1 amide bonds. The van der Waals surface area contributed by atoms with Crippen molar-refractivity contribution in [2.75, 3.05) is 61.2 Å². The van der Waals surface area contributed by atoms with Gasteiger partial charge >= 0.3 is 6.09 Å². The summed E-state index contributed by atoms with van der Waals surface area (Å²) in [6.45, 7) is 2.80. The van der Waals surface area contributed by atoms with Crippen LogP contribution in [0.2, 0.25) is 0 Å². The number of ketones is 2. The molecule has 17 heteroatoms. The van der Waals surface area contributed by atoms with Gasteiger partial charge in [0.15, 0.2) is 31.2 Å². The van der Waals surface area contributed by atoms with E-state index in [0.717, 1.165) is 0 Å². The summed E-state index contributed by atoms with van der Waals surface area (Å²) in [5.74, 6) is -2.48. The Hall–Kier alpha value is -4.20. The SMILES string of the molecule is CNCCN(C)C(=O)OCC(=O)[C@]1(O)Cc2c(O)c3c(c(O)c2[C@@H](O[C@H]2C[C@H]4[C@H](O[C@@H]5[C@@H](OC)OCCN54)[C@H](C)O2)C1)C(=N)c1c(OC)cccc1C3=O. The number of phenols is 2. The van der Waals surface area contributed by atoms with Crippen molar-refractivity contribution in [3.05, 3.63) is 51.6 Å². The van der Waals surface area contributed by atoms with Gasteiger partial charge in [0, 0.05) is 75.8 Å². The van der Waals surface area contributed by atoms with Gasteiger partial charge in [-0.05, 0) is 20.0 Å². The summed E-state index contributed by atoms with van der Waals surface area (Å²) in [4.78, 5) is 43.8. The molecular formula is C37H46N4O13. The van der Waals surface area contributed by atoms with E-state index in [2.05, 4.69) is 10.2 Å². The number of ether oxygens (including phenoxy) is 7. The fourth-order valence-electron chi connectivity index (χ4n) is 8.33. The minimum atomic E-state index is -2.29. The highest BCUT2D eigenvalue weighted by molar-refractivity contribution is 6.32. The summed E-state index contributed by atoms with van der Waals surface area (Å²) in [5, 5.41) is 48.1. The maximum Gasteiger partial charge on any atom is 0.409 e. The molecule has 2 aliphatic carbocycles. The number of hydrogen-bond acceptors (Lipinski definition) is 16. The van der Waals surface area contributed by atoms with E-state index in [1.165, 1.54) is 25.1 Å². The van der Waals surface area contributed by atoms with Crippen LogP contribution in [0.1, 0.15) is 64.0 Å². The Morgan fingerprint density at radius 3 is 2.65 bits per heavy atom. The molecule has 7 rings (SSSR count). The van der Waals surface area contributed by atoms with Crippen LogP contribution in [0.3, 0.4) is 0 Å². The van der Waals surface area contributed by atoms with Gasteiger partial charge in [-0.3, -0.25) is 19.9 Å². The van der Waals surface area contributed by atoms with Crippen LogP contribution in [-0.2, 0) is 39.6 Å². The zero-order valence-corrected chi connectivity index (χ0v) is 30.7. The van der Waals surface area contributed by atoms with Gasteiger partial charge in [0.25, 0.3) is 0 Å². The number of nitrogens with one attached hydrogen (secondary N) is 2. The number of methoxy groups -OCH3 is 2. The first kappa shape index (κ1) is 38.1. The van der Waals surface area contributed by atoms with Crippen LogP contribution >= 0.6 is 0 Å². The quantitative estimate of drug-likeness (QED) is 0.184. The summed E-state index contributed by atoms with van der Waals surface area (Å²) in [5.41, 5.74) is -3.06. The van der Waals surface area contributed by atoms with E-state index in [9.17, 15) is 29.7 Å². The second-order valence-corrected chi connectivity index (χ2v) is 14.2. The summed E-state index contributed by atoms with van der Waals surface area (Å²) >= 11 is 0. The minimum Gasteiger partial charge on any atom is -0.507 e. The molecule has 2 aromatic carbocycles. The molecule has 0 unspecified atom stereocenters. The number of morpholine rings is 1. The Bertz CT molecular complexity index is 1860. The Balaban J connectivity index is 1.25. The third-order valence-electron chi connectivity index (χ3n) is 11.1. The molecule has 292 valence electrons. The molecule has 8 atom stereocenters. The normalized spacial score (nSPS) is 30.1. The maximum atomic E-state index is 14.0. The summed E-state index contributed by atoms with van der Waals surface area (Å²) in [6, 6.07) is 4.45. The minimum absolute atomic E-state index is 0.00633. The topological polar surface area (TPSA) is 219 Å². The number of aliphatic hydroxyl groups is 1. The Kier molecular flexibility index (Phi) is 10.4. The number of aromatic hydroxyl groups is 2. The van der Waals surface area contributed by atoms with Gasteiger partial charge in [-0.15, -0.1) is 0 Å². The number of carbonyl (C=O) groups excluding carboxylic acids is 3. The number of amides is 1. The summed E-state index contributed by atoms with van der Waals surface area (Å²) in [6.07, 6.45) is -5.67. The number of nitrogens with zero attached hydrogens (tertiary/aromatic N) is 2. The lowest BCUT2D eigenvalue weighted by Gasteiger charge is -2.43. The van der Waals surface area contributed by atoms with Crippen molar-refractivity contribution < 1.29 is 62.9 Å². The molecule has 17 nitrogen and oxygen atoms in total.